The summed E-state index contributed by atoms with van der Waals surface area (Å²) in [5.74, 6) is -1.20. The predicted molar refractivity (Wildman–Crippen MR) is 105 cm³/mol. The highest BCUT2D eigenvalue weighted by Crippen LogP contribution is 2.36. The summed E-state index contributed by atoms with van der Waals surface area (Å²) in [6, 6.07) is 0. The number of carbonyl (C=O) groups is 3. The van der Waals surface area contributed by atoms with E-state index in [0.717, 1.165) is 0 Å². The van der Waals surface area contributed by atoms with Crippen LogP contribution in [-0.4, -0.2) is 62.3 Å². The SMILES string of the molecule is C=CCc1nc(N)c2ncn([C@@H]3O[C@H](COC(C)=O)[C@@H](OC(C)=O)[C@H]3OC(C)=O)c2n1. The van der Waals surface area contributed by atoms with Gasteiger partial charge in [-0.25, -0.2) is 15.0 Å². The minimum Gasteiger partial charge on any atom is -0.463 e. The number of esters is 3. The summed E-state index contributed by atoms with van der Waals surface area (Å²) in [6.07, 6.45) is -0.561. The second kappa shape index (κ2) is 9.08. The smallest absolute Gasteiger partial charge is 0.303 e. The molecule has 3 rings (SSSR count). The molecule has 2 aromatic heterocycles. The molecule has 0 spiro atoms. The summed E-state index contributed by atoms with van der Waals surface area (Å²) in [4.78, 5) is 47.6. The number of nitrogens with two attached hydrogens (primary N) is 1. The number of aromatic nitrogens is 4. The third-order valence-corrected chi connectivity index (χ3v) is 4.44. The number of rotatable bonds is 7. The van der Waals surface area contributed by atoms with Gasteiger partial charge in [0.05, 0.1) is 6.33 Å². The van der Waals surface area contributed by atoms with Gasteiger partial charge < -0.3 is 24.7 Å². The van der Waals surface area contributed by atoms with Crippen LogP contribution >= 0.6 is 0 Å². The highest BCUT2D eigenvalue weighted by molar-refractivity contribution is 5.81. The number of nitrogens with zero attached hydrogens (tertiary/aromatic N) is 4. The second-order valence-corrected chi connectivity index (χ2v) is 6.86. The number of ether oxygens (including phenoxy) is 4. The first kappa shape index (κ1) is 22.2. The van der Waals surface area contributed by atoms with Crippen molar-refractivity contribution in [3.8, 4) is 0 Å². The van der Waals surface area contributed by atoms with Gasteiger partial charge in [0.25, 0.3) is 0 Å². The van der Waals surface area contributed by atoms with Gasteiger partial charge in [0.1, 0.15) is 24.1 Å². The van der Waals surface area contributed by atoms with E-state index in [1.54, 1.807) is 6.08 Å². The number of hydrogen-bond donors (Lipinski definition) is 1. The van der Waals surface area contributed by atoms with Gasteiger partial charge in [0.15, 0.2) is 29.9 Å². The largest absolute Gasteiger partial charge is 0.463 e. The van der Waals surface area contributed by atoms with E-state index in [1.165, 1.54) is 31.7 Å². The van der Waals surface area contributed by atoms with Crippen LogP contribution in [-0.2, 0) is 39.8 Å². The molecule has 3 heterocycles. The van der Waals surface area contributed by atoms with Crippen LogP contribution < -0.4 is 5.73 Å². The van der Waals surface area contributed by atoms with Crippen LogP contribution in [0, 0.1) is 0 Å². The minimum absolute atomic E-state index is 0.163. The molecule has 31 heavy (non-hydrogen) atoms. The van der Waals surface area contributed by atoms with Crippen LogP contribution in [0.3, 0.4) is 0 Å². The van der Waals surface area contributed by atoms with Crippen LogP contribution in [0.5, 0.6) is 0 Å². The van der Waals surface area contributed by atoms with E-state index in [9.17, 15) is 14.4 Å². The zero-order valence-electron chi connectivity index (χ0n) is 17.3. The molecule has 12 nitrogen and oxygen atoms in total. The van der Waals surface area contributed by atoms with Crippen LogP contribution in [0.15, 0.2) is 19.0 Å². The van der Waals surface area contributed by atoms with Crippen LogP contribution in [0.25, 0.3) is 11.2 Å². The van der Waals surface area contributed by atoms with E-state index in [1.807, 2.05) is 0 Å². The third kappa shape index (κ3) is 4.79. The standard InChI is InChI=1S/C19H23N5O7/c1-5-6-13-22-17(20)14-18(23-13)24(8-21-14)19-16(30-11(4)27)15(29-10(3)26)12(31-19)7-28-9(2)25/h5,8,12,15-16,19H,1,6-7H2,2-4H3,(H2,20,22,23)/t12-,15-,16-,19-/m1/s1. The van der Waals surface area contributed by atoms with E-state index in [2.05, 4.69) is 21.5 Å². The number of carbonyl (C=O) groups excluding carboxylic acids is 3. The Morgan fingerprint density at radius 3 is 2.45 bits per heavy atom. The molecule has 2 aromatic rings. The lowest BCUT2D eigenvalue weighted by atomic mass is 10.1. The molecule has 1 aliphatic rings. The molecule has 0 unspecified atom stereocenters. The summed E-state index contributed by atoms with van der Waals surface area (Å²) >= 11 is 0. The van der Waals surface area contributed by atoms with Crippen molar-refractivity contribution in [1.29, 1.82) is 0 Å². The topological polar surface area (TPSA) is 158 Å². The van der Waals surface area contributed by atoms with Crippen molar-refractivity contribution in [2.45, 2.75) is 51.7 Å². The van der Waals surface area contributed by atoms with Gasteiger partial charge >= 0.3 is 17.9 Å². The Hall–Kier alpha value is -3.54. The number of hydrogen-bond acceptors (Lipinski definition) is 11. The summed E-state index contributed by atoms with van der Waals surface area (Å²) in [6.45, 7) is 7.12. The van der Waals surface area contributed by atoms with Gasteiger partial charge in [-0.05, 0) is 0 Å². The van der Waals surface area contributed by atoms with Crippen LogP contribution in [0.2, 0.25) is 0 Å². The summed E-state index contributed by atoms with van der Waals surface area (Å²) in [7, 11) is 0. The molecule has 1 aliphatic heterocycles. The van der Waals surface area contributed by atoms with E-state index in [0.29, 0.717) is 23.4 Å². The lowest BCUT2D eigenvalue weighted by Gasteiger charge is -2.23. The van der Waals surface area contributed by atoms with Crippen molar-refractivity contribution in [1.82, 2.24) is 19.5 Å². The number of anilines is 1. The number of allylic oxidation sites excluding steroid dienone is 1. The van der Waals surface area contributed by atoms with Gasteiger partial charge in [-0.1, -0.05) is 6.08 Å². The molecule has 12 heteroatoms. The van der Waals surface area contributed by atoms with Gasteiger partial charge in [0.2, 0.25) is 0 Å². The van der Waals surface area contributed by atoms with Crippen LogP contribution in [0.1, 0.15) is 32.8 Å². The normalized spacial score (nSPS) is 22.8. The fourth-order valence-corrected chi connectivity index (χ4v) is 3.31. The van der Waals surface area contributed by atoms with Crippen molar-refractivity contribution < 1.29 is 33.3 Å². The highest BCUT2D eigenvalue weighted by atomic mass is 16.7. The van der Waals surface area contributed by atoms with Gasteiger partial charge in [-0.3, -0.25) is 19.0 Å². The maximum Gasteiger partial charge on any atom is 0.303 e. The molecule has 0 aliphatic carbocycles. The predicted octanol–water partition coefficient (Wildman–Crippen LogP) is 0.461. The van der Waals surface area contributed by atoms with Gasteiger partial charge in [-0.15, -0.1) is 6.58 Å². The van der Waals surface area contributed by atoms with Crippen molar-refractivity contribution in [3.05, 3.63) is 24.8 Å². The molecule has 0 aromatic carbocycles. The Morgan fingerprint density at radius 2 is 1.84 bits per heavy atom. The molecule has 0 radical (unpaired) electrons. The fourth-order valence-electron chi connectivity index (χ4n) is 3.31. The van der Waals surface area contributed by atoms with Crippen molar-refractivity contribution in [2.24, 2.45) is 0 Å². The molecule has 4 atom stereocenters. The summed E-state index contributed by atoms with van der Waals surface area (Å²) in [5, 5.41) is 0. The van der Waals surface area contributed by atoms with Crippen molar-refractivity contribution >= 4 is 34.9 Å². The van der Waals surface area contributed by atoms with Gasteiger partial charge in [-0.2, -0.15) is 0 Å². The first-order valence-electron chi connectivity index (χ1n) is 9.44. The Labute approximate surface area is 177 Å². The molecule has 0 amide bonds. The summed E-state index contributed by atoms with van der Waals surface area (Å²) < 4.78 is 23.3. The Bertz CT molecular complexity index is 1020. The fraction of sp³-hybridized carbons (Fsp3) is 0.474. The molecule has 166 valence electrons. The molecular weight excluding hydrogens is 410 g/mol. The highest BCUT2D eigenvalue weighted by Gasteiger charge is 2.51. The maximum atomic E-state index is 11.8. The zero-order valence-corrected chi connectivity index (χ0v) is 17.3. The summed E-state index contributed by atoms with van der Waals surface area (Å²) in [5.41, 5.74) is 6.66. The molecular formula is C19H23N5O7. The first-order valence-corrected chi connectivity index (χ1v) is 9.44. The average molecular weight is 433 g/mol. The quantitative estimate of drug-likeness (QED) is 0.367. The minimum atomic E-state index is -1.06. The first-order chi connectivity index (χ1) is 14.7. The lowest BCUT2D eigenvalue weighted by molar-refractivity contribution is -0.166. The zero-order chi connectivity index (χ0) is 22.7. The second-order valence-electron chi connectivity index (χ2n) is 6.86. The lowest BCUT2D eigenvalue weighted by Crippen LogP contribution is -2.40. The number of fused-ring (bicyclic) bond motifs is 1. The Morgan fingerprint density at radius 1 is 1.16 bits per heavy atom. The maximum absolute atomic E-state index is 11.8. The van der Waals surface area contributed by atoms with E-state index < -0.39 is 42.4 Å². The average Bonchev–Trinajstić information content (AvgIpc) is 3.22. The van der Waals surface area contributed by atoms with E-state index >= 15 is 0 Å². The van der Waals surface area contributed by atoms with Crippen molar-refractivity contribution in [2.75, 3.05) is 12.3 Å². The molecule has 2 N–H and O–H groups in total. The third-order valence-electron chi connectivity index (χ3n) is 4.44. The van der Waals surface area contributed by atoms with E-state index in [4.69, 9.17) is 24.7 Å². The van der Waals surface area contributed by atoms with Gasteiger partial charge in [0, 0.05) is 27.2 Å². The monoisotopic (exact) mass is 433 g/mol. The Balaban J connectivity index is 2.06. The number of imidazole rings is 1. The van der Waals surface area contributed by atoms with Crippen molar-refractivity contribution in [3.63, 3.8) is 0 Å². The molecule has 1 fully saturated rings. The molecule has 0 bridgehead atoms. The van der Waals surface area contributed by atoms with Crippen LogP contribution in [0.4, 0.5) is 5.82 Å². The molecule has 1 saturated heterocycles. The Kier molecular flexibility index (Phi) is 6.49. The number of nitrogen functional groups attached to an aromatic ring is 1. The van der Waals surface area contributed by atoms with E-state index in [-0.39, 0.29) is 12.4 Å². The molecule has 0 saturated carbocycles.